The van der Waals surface area contributed by atoms with E-state index in [-0.39, 0.29) is 5.92 Å². The summed E-state index contributed by atoms with van der Waals surface area (Å²) in [4.78, 5) is 24.0. The molecule has 2 heterocycles. The second kappa shape index (κ2) is 8.07. The van der Waals surface area contributed by atoms with E-state index in [0.717, 1.165) is 50.2 Å². The summed E-state index contributed by atoms with van der Waals surface area (Å²) in [6.45, 7) is 3.75. The molecule has 1 aromatic heterocycles. The van der Waals surface area contributed by atoms with Gasteiger partial charge in [-0.3, -0.25) is 4.79 Å². The van der Waals surface area contributed by atoms with Gasteiger partial charge in [0.25, 0.3) is 0 Å². The van der Waals surface area contributed by atoms with Gasteiger partial charge in [-0.15, -0.1) is 0 Å². The lowest BCUT2D eigenvalue weighted by molar-refractivity contribution is -0.136. The minimum Gasteiger partial charge on any atom is -0.342 e. The van der Waals surface area contributed by atoms with Crippen LogP contribution in [0.1, 0.15) is 55.7 Å². The predicted molar refractivity (Wildman–Crippen MR) is 107 cm³/mol. The Morgan fingerprint density at radius 3 is 2.81 bits per heavy atom. The van der Waals surface area contributed by atoms with Crippen LogP contribution < -0.4 is 5.32 Å². The van der Waals surface area contributed by atoms with Crippen LogP contribution in [-0.2, 0) is 4.79 Å². The monoisotopic (exact) mass is 364 g/mol. The first kappa shape index (κ1) is 18.0. The Balaban J connectivity index is 1.45. The standard InChI is InChI=1S/C22H28N4O/c1-16-6-4-10-19(14-16)24-22-23-12-11-20(25-22)18-9-5-13-26(15-18)21(27)17-7-2-3-8-17/h4,6,10-12,14,17-18H,2-3,5,7-9,13,15H2,1H3,(H,23,24,25)/t18-/m1/s1. The number of carbonyl (C=O) groups is 1. The van der Waals surface area contributed by atoms with Crippen LogP contribution >= 0.6 is 0 Å². The SMILES string of the molecule is Cc1cccc(Nc2nccc([C@@H]3CCCN(C(=O)C4CCCC4)C3)n2)c1. The van der Waals surface area contributed by atoms with Gasteiger partial charge in [0.1, 0.15) is 0 Å². The fraction of sp³-hybridized carbons (Fsp3) is 0.500. The lowest BCUT2D eigenvalue weighted by Crippen LogP contribution is -2.42. The van der Waals surface area contributed by atoms with E-state index in [4.69, 9.17) is 4.98 Å². The van der Waals surface area contributed by atoms with Crippen LogP contribution in [0, 0.1) is 12.8 Å². The lowest BCUT2D eigenvalue weighted by atomic mass is 9.93. The van der Waals surface area contributed by atoms with Crippen molar-refractivity contribution in [3.8, 4) is 0 Å². The maximum atomic E-state index is 12.8. The average Bonchev–Trinajstić information content (AvgIpc) is 3.23. The summed E-state index contributed by atoms with van der Waals surface area (Å²) in [5.41, 5.74) is 3.22. The predicted octanol–water partition coefficient (Wildman–Crippen LogP) is 4.42. The van der Waals surface area contributed by atoms with Crippen molar-refractivity contribution >= 4 is 17.5 Å². The molecule has 2 aliphatic rings. The average molecular weight is 364 g/mol. The third kappa shape index (κ3) is 4.29. The first-order valence-electron chi connectivity index (χ1n) is 10.1. The number of nitrogens with one attached hydrogen (secondary N) is 1. The summed E-state index contributed by atoms with van der Waals surface area (Å²) in [7, 11) is 0. The number of benzene rings is 1. The Hall–Kier alpha value is -2.43. The Labute approximate surface area is 161 Å². The number of likely N-dealkylation sites (tertiary alicyclic amines) is 1. The molecule has 2 fully saturated rings. The van der Waals surface area contributed by atoms with E-state index in [1.165, 1.54) is 18.4 Å². The Morgan fingerprint density at radius 1 is 1.15 bits per heavy atom. The number of amides is 1. The summed E-state index contributed by atoms with van der Waals surface area (Å²) in [6.07, 6.45) is 8.48. The van der Waals surface area contributed by atoms with Gasteiger partial charge in [0, 0.05) is 36.8 Å². The van der Waals surface area contributed by atoms with Crippen molar-refractivity contribution in [2.45, 2.75) is 51.4 Å². The van der Waals surface area contributed by atoms with Gasteiger partial charge in [0.15, 0.2) is 0 Å². The summed E-state index contributed by atoms with van der Waals surface area (Å²) >= 11 is 0. The molecule has 0 unspecified atom stereocenters. The molecule has 0 radical (unpaired) electrons. The Morgan fingerprint density at radius 2 is 2.00 bits per heavy atom. The number of anilines is 2. The molecule has 0 bridgehead atoms. The van der Waals surface area contributed by atoms with Gasteiger partial charge in [0.05, 0.1) is 5.69 Å². The van der Waals surface area contributed by atoms with Gasteiger partial charge in [-0.25, -0.2) is 9.97 Å². The van der Waals surface area contributed by atoms with E-state index in [1.807, 2.05) is 24.4 Å². The quantitative estimate of drug-likeness (QED) is 0.872. The number of rotatable bonds is 4. The van der Waals surface area contributed by atoms with Crippen LogP contribution in [0.5, 0.6) is 0 Å². The molecule has 1 saturated heterocycles. The number of hydrogen-bond donors (Lipinski definition) is 1. The van der Waals surface area contributed by atoms with Crippen molar-refractivity contribution in [2.24, 2.45) is 5.92 Å². The molecule has 1 aliphatic carbocycles. The van der Waals surface area contributed by atoms with Crippen LogP contribution in [0.4, 0.5) is 11.6 Å². The van der Waals surface area contributed by atoms with Gasteiger partial charge < -0.3 is 10.2 Å². The second-order valence-electron chi connectivity index (χ2n) is 7.90. The van der Waals surface area contributed by atoms with E-state index in [1.54, 1.807) is 0 Å². The van der Waals surface area contributed by atoms with E-state index in [0.29, 0.717) is 17.8 Å². The highest BCUT2D eigenvalue weighted by atomic mass is 16.2. The third-order valence-electron chi connectivity index (χ3n) is 5.81. The maximum absolute atomic E-state index is 12.8. The maximum Gasteiger partial charge on any atom is 0.227 e. The first-order chi connectivity index (χ1) is 13.2. The van der Waals surface area contributed by atoms with Crippen molar-refractivity contribution in [3.63, 3.8) is 0 Å². The minimum absolute atomic E-state index is 0.257. The summed E-state index contributed by atoms with van der Waals surface area (Å²) in [5, 5.41) is 3.30. The van der Waals surface area contributed by atoms with Gasteiger partial charge in [-0.05, 0) is 56.4 Å². The molecular weight excluding hydrogens is 336 g/mol. The van der Waals surface area contributed by atoms with Crippen molar-refractivity contribution in [3.05, 3.63) is 47.8 Å². The smallest absolute Gasteiger partial charge is 0.227 e. The molecule has 142 valence electrons. The fourth-order valence-electron chi connectivity index (χ4n) is 4.36. The van der Waals surface area contributed by atoms with Gasteiger partial charge in [0.2, 0.25) is 11.9 Å². The molecule has 1 atom stereocenters. The van der Waals surface area contributed by atoms with E-state index < -0.39 is 0 Å². The molecule has 5 nitrogen and oxygen atoms in total. The van der Waals surface area contributed by atoms with E-state index in [2.05, 4.69) is 34.3 Å². The zero-order chi connectivity index (χ0) is 18.6. The third-order valence-corrected chi connectivity index (χ3v) is 5.81. The van der Waals surface area contributed by atoms with E-state index >= 15 is 0 Å². The van der Waals surface area contributed by atoms with Gasteiger partial charge in [-0.2, -0.15) is 0 Å². The number of aryl methyl sites for hydroxylation is 1. The van der Waals surface area contributed by atoms with Crippen molar-refractivity contribution in [2.75, 3.05) is 18.4 Å². The molecule has 0 spiro atoms. The Kier molecular flexibility index (Phi) is 5.37. The van der Waals surface area contributed by atoms with Crippen molar-refractivity contribution in [1.82, 2.24) is 14.9 Å². The van der Waals surface area contributed by atoms with Crippen molar-refractivity contribution in [1.29, 1.82) is 0 Å². The van der Waals surface area contributed by atoms with Crippen LogP contribution in [0.3, 0.4) is 0 Å². The molecular formula is C22H28N4O. The lowest BCUT2D eigenvalue weighted by Gasteiger charge is -2.34. The van der Waals surface area contributed by atoms with Crippen LogP contribution in [-0.4, -0.2) is 33.9 Å². The topological polar surface area (TPSA) is 58.1 Å². The number of nitrogens with zero attached hydrogens (tertiary/aromatic N) is 3. The molecule has 5 heteroatoms. The Bertz CT molecular complexity index is 800. The summed E-state index contributed by atoms with van der Waals surface area (Å²) in [6, 6.07) is 10.2. The van der Waals surface area contributed by atoms with Crippen LogP contribution in [0.2, 0.25) is 0 Å². The van der Waals surface area contributed by atoms with Gasteiger partial charge >= 0.3 is 0 Å². The number of hydrogen-bond acceptors (Lipinski definition) is 4. The molecule has 1 amide bonds. The summed E-state index contributed by atoms with van der Waals surface area (Å²) in [5.74, 6) is 1.54. The van der Waals surface area contributed by atoms with E-state index in [9.17, 15) is 4.79 Å². The largest absolute Gasteiger partial charge is 0.342 e. The highest BCUT2D eigenvalue weighted by Crippen LogP contribution is 2.31. The second-order valence-corrected chi connectivity index (χ2v) is 7.90. The number of aromatic nitrogens is 2. The zero-order valence-corrected chi connectivity index (χ0v) is 16.0. The molecule has 1 aliphatic heterocycles. The first-order valence-corrected chi connectivity index (χ1v) is 10.1. The van der Waals surface area contributed by atoms with Crippen LogP contribution in [0.15, 0.2) is 36.5 Å². The summed E-state index contributed by atoms with van der Waals surface area (Å²) < 4.78 is 0. The highest BCUT2D eigenvalue weighted by molar-refractivity contribution is 5.79. The molecule has 4 rings (SSSR count). The zero-order valence-electron chi connectivity index (χ0n) is 16.0. The highest BCUT2D eigenvalue weighted by Gasteiger charge is 2.31. The normalized spacial score (nSPS) is 20.6. The van der Waals surface area contributed by atoms with Gasteiger partial charge in [-0.1, -0.05) is 25.0 Å². The van der Waals surface area contributed by atoms with Crippen molar-refractivity contribution < 1.29 is 4.79 Å². The molecule has 1 N–H and O–H groups in total. The fourth-order valence-corrected chi connectivity index (χ4v) is 4.36. The van der Waals surface area contributed by atoms with Crippen LogP contribution in [0.25, 0.3) is 0 Å². The molecule has 1 saturated carbocycles. The number of piperidine rings is 1. The minimum atomic E-state index is 0.257. The molecule has 2 aromatic rings. The molecule has 27 heavy (non-hydrogen) atoms. The number of carbonyl (C=O) groups excluding carboxylic acids is 1. The molecule has 1 aromatic carbocycles.